The van der Waals surface area contributed by atoms with Crippen molar-refractivity contribution in [3.05, 3.63) is 26.6 Å². The SMILES string of the molecule is N#Cc1cc(C=O)nc(C(F)F)c1I. The van der Waals surface area contributed by atoms with Crippen LogP contribution in [0.5, 0.6) is 0 Å². The Bertz CT molecular complexity index is 415. The molecule has 0 atom stereocenters. The number of hydrogen-bond acceptors (Lipinski definition) is 3. The van der Waals surface area contributed by atoms with E-state index in [1.54, 1.807) is 28.7 Å². The van der Waals surface area contributed by atoms with Gasteiger partial charge in [-0.3, -0.25) is 4.79 Å². The molecular weight excluding hydrogens is 305 g/mol. The monoisotopic (exact) mass is 308 g/mol. The molecule has 0 saturated carbocycles. The van der Waals surface area contributed by atoms with E-state index in [9.17, 15) is 13.6 Å². The molecule has 0 bridgehead atoms. The third-order valence-corrected chi connectivity index (χ3v) is 2.58. The summed E-state index contributed by atoms with van der Waals surface area (Å²) in [5.41, 5.74) is -0.637. The van der Waals surface area contributed by atoms with Gasteiger partial charge in [0.25, 0.3) is 6.43 Å². The van der Waals surface area contributed by atoms with E-state index in [4.69, 9.17) is 5.26 Å². The Morgan fingerprint density at radius 3 is 2.71 bits per heavy atom. The van der Waals surface area contributed by atoms with Crippen LogP contribution in [0.1, 0.15) is 28.2 Å². The number of nitrogens with zero attached hydrogens (tertiary/aromatic N) is 2. The van der Waals surface area contributed by atoms with Gasteiger partial charge < -0.3 is 0 Å². The third kappa shape index (κ3) is 2.04. The number of aldehydes is 1. The first-order valence-electron chi connectivity index (χ1n) is 3.44. The van der Waals surface area contributed by atoms with Gasteiger partial charge in [-0.15, -0.1) is 0 Å². The summed E-state index contributed by atoms with van der Waals surface area (Å²) in [7, 11) is 0. The molecule has 72 valence electrons. The predicted molar refractivity (Wildman–Crippen MR) is 52.0 cm³/mol. The van der Waals surface area contributed by atoms with E-state index in [1.165, 1.54) is 6.07 Å². The summed E-state index contributed by atoms with van der Waals surface area (Å²) < 4.78 is 24.8. The van der Waals surface area contributed by atoms with Crippen LogP contribution in [0.25, 0.3) is 0 Å². The molecular formula is C8H3F2IN2O. The molecule has 3 nitrogen and oxygen atoms in total. The van der Waals surface area contributed by atoms with Crippen LogP contribution in [0, 0.1) is 14.9 Å². The molecule has 0 aromatic carbocycles. The molecule has 0 spiro atoms. The topological polar surface area (TPSA) is 53.8 Å². The van der Waals surface area contributed by atoms with Gasteiger partial charge in [-0.05, 0) is 28.7 Å². The van der Waals surface area contributed by atoms with Crippen LogP contribution in [-0.2, 0) is 0 Å². The normalized spacial score (nSPS) is 9.93. The first kappa shape index (κ1) is 11.0. The maximum atomic E-state index is 12.4. The summed E-state index contributed by atoms with van der Waals surface area (Å²) in [6, 6.07) is 2.91. The average molecular weight is 308 g/mol. The molecule has 0 amide bonds. The molecule has 0 aliphatic rings. The molecule has 0 saturated heterocycles. The Kier molecular flexibility index (Phi) is 3.46. The van der Waals surface area contributed by atoms with Crippen molar-refractivity contribution in [2.24, 2.45) is 0 Å². The van der Waals surface area contributed by atoms with E-state index in [2.05, 4.69) is 4.98 Å². The highest BCUT2D eigenvalue weighted by Gasteiger charge is 2.17. The number of carbonyl (C=O) groups is 1. The Balaban J connectivity index is 3.43. The van der Waals surface area contributed by atoms with Gasteiger partial charge in [-0.2, -0.15) is 5.26 Å². The van der Waals surface area contributed by atoms with Gasteiger partial charge in [-0.25, -0.2) is 13.8 Å². The van der Waals surface area contributed by atoms with Gasteiger partial charge in [0, 0.05) is 0 Å². The number of rotatable bonds is 2. The summed E-state index contributed by atoms with van der Waals surface area (Å²) in [5, 5.41) is 8.60. The maximum Gasteiger partial charge on any atom is 0.281 e. The maximum absolute atomic E-state index is 12.4. The van der Waals surface area contributed by atoms with Gasteiger partial charge in [0.15, 0.2) is 6.29 Å². The van der Waals surface area contributed by atoms with Crippen molar-refractivity contribution in [1.29, 1.82) is 5.26 Å². The predicted octanol–water partition coefficient (Wildman–Crippen LogP) is 2.31. The summed E-state index contributed by atoms with van der Waals surface area (Å²) in [6.07, 6.45) is -2.45. The number of alkyl halides is 2. The zero-order valence-corrected chi connectivity index (χ0v) is 8.83. The zero-order chi connectivity index (χ0) is 10.7. The Hall–Kier alpha value is -1.10. The lowest BCUT2D eigenvalue weighted by Gasteiger charge is -2.04. The van der Waals surface area contributed by atoms with Gasteiger partial charge >= 0.3 is 0 Å². The Morgan fingerprint density at radius 2 is 2.29 bits per heavy atom. The second-order valence-electron chi connectivity index (χ2n) is 2.32. The Morgan fingerprint density at radius 1 is 1.64 bits per heavy atom. The van der Waals surface area contributed by atoms with Gasteiger partial charge in [0.2, 0.25) is 0 Å². The molecule has 1 aromatic rings. The molecule has 0 fully saturated rings. The first-order chi connectivity index (χ1) is 6.60. The van der Waals surface area contributed by atoms with Gasteiger partial charge in [-0.1, -0.05) is 0 Å². The van der Waals surface area contributed by atoms with Crippen LogP contribution >= 0.6 is 22.6 Å². The number of carbonyl (C=O) groups excluding carboxylic acids is 1. The van der Waals surface area contributed by atoms with E-state index in [1.807, 2.05) is 0 Å². The van der Waals surface area contributed by atoms with Crippen molar-refractivity contribution in [1.82, 2.24) is 4.98 Å². The fourth-order valence-electron chi connectivity index (χ4n) is 0.856. The van der Waals surface area contributed by atoms with Crippen LogP contribution in [0.2, 0.25) is 0 Å². The van der Waals surface area contributed by atoms with Crippen LogP contribution in [0.3, 0.4) is 0 Å². The number of nitriles is 1. The van der Waals surface area contributed by atoms with Crippen LogP contribution < -0.4 is 0 Å². The number of halogens is 3. The molecule has 1 rings (SSSR count). The molecule has 0 unspecified atom stereocenters. The largest absolute Gasteiger partial charge is 0.296 e. The molecule has 0 radical (unpaired) electrons. The van der Waals surface area contributed by atoms with Gasteiger partial charge in [0.05, 0.1) is 9.13 Å². The highest BCUT2D eigenvalue weighted by atomic mass is 127. The van der Waals surface area contributed by atoms with Gasteiger partial charge in [0.1, 0.15) is 17.5 Å². The summed E-state index contributed by atoms with van der Waals surface area (Å²) in [6.45, 7) is 0. The number of pyridine rings is 1. The highest BCUT2D eigenvalue weighted by Crippen LogP contribution is 2.25. The van der Waals surface area contributed by atoms with Crippen LogP contribution in [-0.4, -0.2) is 11.3 Å². The highest BCUT2D eigenvalue weighted by molar-refractivity contribution is 14.1. The molecule has 1 aromatic heterocycles. The zero-order valence-electron chi connectivity index (χ0n) is 6.67. The van der Waals surface area contributed by atoms with Crippen LogP contribution in [0.4, 0.5) is 8.78 Å². The molecule has 0 N–H and O–H groups in total. The van der Waals surface area contributed by atoms with E-state index in [0.717, 1.165) is 0 Å². The summed E-state index contributed by atoms with van der Waals surface area (Å²) >= 11 is 1.61. The van der Waals surface area contributed by atoms with E-state index in [0.29, 0.717) is 6.29 Å². The van der Waals surface area contributed by atoms with Crippen LogP contribution in [0.15, 0.2) is 6.07 Å². The summed E-state index contributed by atoms with van der Waals surface area (Å²) in [4.78, 5) is 13.8. The minimum absolute atomic E-state index is 0.0398. The standard InChI is InChI=1S/C8H3F2IN2O/c9-8(10)7-6(11)4(2-12)1-5(3-14)13-7/h1,3,8H. The third-order valence-electron chi connectivity index (χ3n) is 1.45. The molecule has 6 heteroatoms. The van der Waals surface area contributed by atoms with Crippen molar-refractivity contribution in [2.75, 3.05) is 0 Å². The lowest BCUT2D eigenvalue weighted by molar-refractivity contribution is 0.111. The fraction of sp³-hybridized carbons (Fsp3) is 0.125. The molecule has 1 heterocycles. The van der Waals surface area contributed by atoms with E-state index in [-0.39, 0.29) is 14.8 Å². The number of hydrogen-bond donors (Lipinski definition) is 0. The van der Waals surface area contributed by atoms with Crippen molar-refractivity contribution in [3.63, 3.8) is 0 Å². The first-order valence-corrected chi connectivity index (χ1v) is 4.52. The van der Waals surface area contributed by atoms with E-state index < -0.39 is 12.1 Å². The van der Waals surface area contributed by atoms with E-state index >= 15 is 0 Å². The molecule has 0 aliphatic carbocycles. The van der Waals surface area contributed by atoms with Crippen molar-refractivity contribution < 1.29 is 13.6 Å². The quantitative estimate of drug-likeness (QED) is 0.622. The Labute approximate surface area is 91.9 Å². The lowest BCUT2D eigenvalue weighted by Crippen LogP contribution is -2.01. The number of aromatic nitrogens is 1. The van der Waals surface area contributed by atoms with Crippen molar-refractivity contribution >= 4 is 28.9 Å². The fourth-order valence-corrected chi connectivity index (χ4v) is 1.49. The molecule has 14 heavy (non-hydrogen) atoms. The summed E-state index contributed by atoms with van der Waals surface area (Å²) in [5.74, 6) is 0. The lowest BCUT2D eigenvalue weighted by atomic mass is 10.2. The minimum Gasteiger partial charge on any atom is -0.296 e. The van der Waals surface area contributed by atoms with Crippen molar-refractivity contribution in [2.45, 2.75) is 6.43 Å². The smallest absolute Gasteiger partial charge is 0.281 e. The molecule has 0 aliphatic heterocycles. The second-order valence-corrected chi connectivity index (χ2v) is 3.40. The van der Waals surface area contributed by atoms with Crippen molar-refractivity contribution in [3.8, 4) is 6.07 Å². The second kappa shape index (κ2) is 4.41. The minimum atomic E-state index is -2.78. The average Bonchev–Trinajstić information content (AvgIpc) is 2.17.